The minimum atomic E-state index is -0.666. The van der Waals surface area contributed by atoms with Crippen molar-refractivity contribution in [3.63, 3.8) is 0 Å². The maximum atomic E-state index is 14.1. The average molecular weight is 362 g/mol. The molecule has 3 rings (SSSR count). The molecule has 4 nitrogen and oxygen atoms in total. The Hall–Kier alpha value is -3.39. The number of fused-ring (bicyclic) bond motifs is 1. The van der Waals surface area contributed by atoms with Gasteiger partial charge >= 0.3 is 0 Å². The molecule has 1 aromatic heterocycles. The van der Waals surface area contributed by atoms with Gasteiger partial charge in [0.15, 0.2) is 5.75 Å². The Balaban J connectivity index is 1.76. The lowest BCUT2D eigenvalue weighted by molar-refractivity contribution is 0.102. The van der Waals surface area contributed by atoms with Crippen LogP contribution >= 0.6 is 0 Å². The SMILES string of the molecule is C#CCCCCOc1cc2cc(C(=O)Nc3ccccc3)ccc2nc1F. The van der Waals surface area contributed by atoms with E-state index in [1.165, 1.54) is 0 Å². The Kier molecular flexibility index (Phi) is 6.01. The van der Waals surface area contributed by atoms with Crippen molar-refractivity contribution in [2.24, 2.45) is 0 Å². The van der Waals surface area contributed by atoms with Crippen LogP contribution in [0.2, 0.25) is 0 Å². The Bertz CT molecular complexity index is 981. The number of unbranched alkanes of at least 4 members (excludes halogenated alkanes) is 2. The highest BCUT2D eigenvalue weighted by Crippen LogP contribution is 2.24. The van der Waals surface area contributed by atoms with E-state index >= 15 is 0 Å². The summed E-state index contributed by atoms with van der Waals surface area (Å²) in [5.41, 5.74) is 1.62. The van der Waals surface area contributed by atoms with Gasteiger partial charge in [-0.05, 0) is 49.2 Å². The number of rotatable bonds is 7. The first kappa shape index (κ1) is 18.4. The summed E-state index contributed by atoms with van der Waals surface area (Å²) in [6, 6.07) is 15.7. The van der Waals surface area contributed by atoms with Crippen molar-refractivity contribution < 1.29 is 13.9 Å². The summed E-state index contributed by atoms with van der Waals surface area (Å²) in [5, 5.41) is 3.46. The summed E-state index contributed by atoms with van der Waals surface area (Å²) >= 11 is 0. The number of aromatic nitrogens is 1. The van der Waals surface area contributed by atoms with Crippen LogP contribution in [0.4, 0.5) is 10.1 Å². The number of pyridine rings is 1. The van der Waals surface area contributed by atoms with Gasteiger partial charge in [0.1, 0.15) is 0 Å². The van der Waals surface area contributed by atoms with E-state index in [1.807, 2.05) is 30.3 Å². The van der Waals surface area contributed by atoms with Crippen molar-refractivity contribution >= 4 is 22.5 Å². The summed E-state index contributed by atoms with van der Waals surface area (Å²) in [5.74, 6) is 1.72. The van der Waals surface area contributed by atoms with E-state index in [0.29, 0.717) is 35.2 Å². The predicted octanol–water partition coefficient (Wildman–Crippen LogP) is 4.81. The molecule has 5 heteroatoms. The van der Waals surface area contributed by atoms with E-state index in [0.717, 1.165) is 12.8 Å². The van der Waals surface area contributed by atoms with Gasteiger partial charge < -0.3 is 10.1 Å². The van der Waals surface area contributed by atoms with Crippen molar-refractivity contribution in [1.29, 1.82) is 0 Å². The largest absolute Gasteiger partial charge is 0.489 e. The van der Waals surface area contributed by atoms with Crippen molar-refractivity contribution in [1.82, 2.24) is 4.98 Å². The number of nitrogens with one attached hydrogen (secondary N) is 1. The maximum absolute atomic E-state index is 14.1. The van der Waals surface area contributed by atoms with Gasteiger partial charge in [-0.3, -0.25) is 4.79 Å². The second-order valence-corrected chi connectivity index (χ2v) is 6.01. The number of halogens is 1. The molecule has 0 aliphatic rings. The molecule has 0 fully saturated rings. The average Bonchev–Trinajstić information content (AvgIpc) is 2.68. The molecule has 1 N–H and O–H groups in total. The normalized spacial score (nSPS) is 10.4. The molecule has 0 radical (unpaired) electrons. The zero-order valence-electron chi connectivity index (χ0n) is 14.7. The lowest BCUT2D eigenvalue weighted by Crippen LogP contribution is -2.11. The number of carbonyl (C=O) groups is 1. The van der Waals surface area contributed by atoms with Crippen molar-refractivity contribution in [3.8, 4) is 18.1 Å². The predicted molar refractivity (Wildman–Crippen MR) is 104 cm³/mol. The van der Waals surface area contributed by atoms with Crippen molar-refractivity contribution in [2.75, 3.05) is 11.9 Å². The van der Waals surface area contributed by atoms with E-state index in [2.05, 4.69) is 16.2 Å². The van der Waals surface area contributed by atoms with Crippen LogP contribution in [-0.2, 0) is 0 Å². The molecule has 136 valence electrons. The van der Waals surface area contributed by atoms with Crippen LogP contribution in [0.5, 0.6) is 5.75 Å². The lowest BCUT2D eigenvalue weighted by Gasteiger charge is -2.09. The molecule has 2 aromatic carbocycles. The van der Waals surface area contributed by atoms with Crippen LogP contribution in [0, 0.1) is 18.3 Å². The second-order valence-electron chi connectivity index (χ2n) is 6.01. The first-order valence-corrected chi connectivity index (χ1v) is 8.70. The number of terminal acetylenes is 1. The molecule has 0 saturated heterocycles. The molecule has 0 aliphatic heterocycles. The van der Waals surface area contributed by atoms with Gasteiger partial charge in [0.25, 0.3) is 11.9 Å². The van der Waals surface area contributed by atoms with Crippen LogP contribution in [0.15, 0.2) is 54.6 Å². The summed E-state index contributed by atoms with van der Waals surface area (Å²) in [7, 11) is 0. The summed E-state index contributed by atoms with van der Waals surface area (Å²) in [6.45, 7) is 0.361. The molecular weight excluding hydrogens is 343 g/mol. The highest BCUT2D eigenvalue weighted by molar-refractivity contribution is 6.06. The Morgan fingerprint density at radius 2 is 1.96 bits per heavy atom. The molecule has 3 aromatic rings. The molecule has 0 spiro atoms. The van der Waals surface area contributed by atoms with E-state index in [4.69, 9.17) is 11.2 Å². The second kappa shape index (κ2) is 8.81. The first-order valence-electron chi connectivity index (χ1n) is 8.70. The molecule has 27 heavy (non-hydrogen) atoms. The van der Waals surface area contributed by atoms with Crippen LogP contribution in [0.3, 0.4) is 0 Å². The number of nitrogens with zero attached hydrogens (tertiary/aromatic N) is 1. The lowest BCUT2D eigenvalue weighted by atomic mass is 10.1. The molecular formula is C22H19FN2O2. The van der Waals surface area contributed by atoms with Gasteiger partial charge in [-0.25, -0.2) is 4.98 Å². The monoisotopic (exact) mass is 362 g/mol. The number of para-hydroxylation sites is 1. The van der Waals surface area contributed by atoms with Gasteiger partial charge in [-0.1, -0.05) is 18.2 Å². The third-order valence-corrected chi connectivity index (χ3v) is 4.00. The number of hydrogen-bond donors (Lipinski definition) is 1. The third kappa shape index (κ3) is 4.83. The number of carbonyl (C=O) groups excluding carboxylic acids is 1. The molecule has 0 saturated carbocycles. The van der Waals surface area contributed by atoms with Crippen LogP contribution in [-0.4, -0.2) is 17.5 Å². The minimum Gasteiger partial charge on any atom is -0.489 e. The van der Waals surface area contributed by atoms with Crippen LogP contribution in [0.1, 0.15) is 29.6 Å². The first-order chi connectivity index (χ1) is 13.2. The molecule has 0 unspecified atom stereocenters. The zero-order valence-corrected chi connectivity index (χ0v) is 14.7. The Morgan fingerprint density at radius 1 is 1.15 bits per heavy atom. The van der Waals surface area contributed by atoms with Gasteiger partial charge in [-0.15, -0.1) is 12.3 Å². The quantitative estimate of drug-likeness (QED) is 0.373. The Morgan fingerprint density at radius 3 is 2.74 bits per heavy atom. The van der Waals surface area contributed by atoms with Gasteiger partial charge in [0.2, 0.25) is 0 Å². The smallest absolute Gasteiger partial charge is 0.255 e. The van der Waals surface area contributed by atoms with Crippen LogP contribution in [0.25, 0.3) is 10.9 Å². The van der Waals surface area contributed by atoms with E-state index in [-0.39, 0.29) is 11.7 Å². The molecule has 0 atom stereocenters. The third-order valence-electron chi connectivity index (χ3n) is 4.00. The van der Waals surface area contributed by atoms with Gasteiger partial charge in [-0.2, -0.15) is 4.39 Å². The van der Waals surface area contributed by atoms with E-state index in [9.17, 15) is 9.18 Å². The Labute approximate surface area is 157 Å². The fourth-order valence-electron chi connectivity index (χ4n) is 2.61. The van der Waals surface area contributed by atoms with Gasteiger partial charge in [0.05, 0.1) is 12.1 Å². The molecule has 1 heterocycles. The van der Waals surface area contributed by atoms with Crippen molar-refractivity contribution in [2.45, 2.75) is 19.3 Å². The number of amides is 1. The minimum absolute atomic E-state index is 0.0730. The number of ether oxygens (including phenoxy) is 1. The maximum Gasteiger partial charge on any atom is 0.255 e. The molecule has 0 aliphatic carbocycles. The van der Waals surface area contributed by atoms with E-state index < -0.39 is 5.95 Å². The summed E-state index contributed by atoms with van der Waals surface area (Å²) in [4.78, 5) is 16.3. The zero-order chi connectivity index (χ0) is 19.1. The highest BCUT2D eigenvalue weighted by Gasteiger charge is 2.11. The molecule has 0 bridgehead atoms. The van der Waals surface area contributed by atoms with Crippen molar-refractivity contribution in [3.05, 3.63) is 66.1 Å². The summed E-state index contributed by atoms with van der Waals surface area (Å²) < 4.78 is 19.6. The van der Waals surface area contributed by atoms with Crippen LogP contribution < -0.4 is 10.1 Å². The number of benzene rings is 2. The molecule has 1 amide bonds. The topological polar surface area (TPSA) is 51.2 Å². The standard InChI is InChI=1S/C22H19FN2O2/c1-2-3-4-8-13-27-20-15-17-14-16(11-12-19(17)25-21(20)23)22(26)24-18-9-6-5-7-10-18/h1,5-7,9-12,14-15H,3-4,8,13H2,(H,24,26). The van der Waals surface area contributed by atoms with Gasteiger partial charge in [0, 0.05) is 23.1 Å². The fraction of sp³-hybridized carbons (Fsp3) is 0.182. The summed E-state index contributed by atoms with van der Waals surface area (Å²) in [6.07, 6.45) is 7.43. The number of hydrogen-bond acceptors (Lipinski definition) is 3. The number of anilines is 1. The highest BCUT2D eigenvalue weighted by atomic mass is 19.1. The van der Waals surface area contributed by atoms with E-state index in [1.54, 1.807) is 24.3 Å². The fourth-order valence-corrected chi connectivity index (χ4v) is 2.61.